The number of carbonyl (C=O) groups excluding carboxylic acids is 1. The van der Waals surface area contributed by atoms with Crippen LogP contribution >= 0.6 is 11.6 Å². The van der Waals surface area contributed by atoms with E-state index in [0.717, 1.165) is 16.8 Å². The summed E-state index contributed by atoms with van der Waals surface area (Å²) in [6, 6.07) is 16.6. The summed E-state index contributed by atoms with van der Waals surface area (Å²) >= 11 is 6.41. The Kier molecular flexibility index (Phi) is 5.73. The Morgan fingerprint density at radius 3 is 2.62 bits per heavy atom. The highest BCUT2D eigenvalue weighted by Gasteiger charge is 2.17. The van der Waals surface area contributed by atoms with E-state index in [-0.39, 0.29) is 5.91 Å². The van der Waals surface area contributed by atoms with Crippen LogP contribution in [0.3, 0.4) is 0 Å². The lowest BCUT2D eigenvalue weighted by atomic mass is 10.2. The molecule has 5 aromatic rings. The van der Waals surface area contributed by atoms with Crippen molar-refractivity contribution in [3.05, 3.63) is 88.8 Å². The number of aryl methyl sites for hydroxylation is 2. The molecular weight excluding hydrogens is 452 g/mol. The first-order valence-corrected chi connectivity index (χ1v) is 11.0. The second-order valence-corrected chi connectivity index (χ2v) is 8.22. The van der Waals surface area contributed by atoms with Gasteiger partial charge in [-0.2, -0.15) is 5.10 Å². The average molecular weight is 473 g/mol. The predicted octanol–water partition coefficient (Wildman–Crippen LogP) is 5.04. The van der Waals surface area contributed by atoms with E-state index in [0.29, 0.717) is 45.6 Å². The molecule has 0 aliphatic carbocycles. The molecule has 0 saturated heterocycles. The molecule has 2 aromatic carbocycles. The van der Waals surface area contributed by atoms with E-state index in [4.69, 9.17) is 16.3 Å². The zero-order chi connectivity index (χ0) is 23.7. The second kappa shape index (κ2) is 8.99. The summed E-state index contributed by atoms with van der Waals surface area (Å²) in [4.78, 5) is 24.6. The molecule has 0 spiro atoms. The van der Waals surface area contributed by atoms with Crippen LogP contribution in [0.4, 0.5) is 0 Å². The number of hydrogen-bond acceptors (Lipinski definition) is 5. The van der Waals surface area contributed by atoms with E-state index < -0.39 is 0 Å². The molecule has 0 bridgehead atoms. The standard InChI is InChI=1S/C25H21ClN6O2/c1-15-19(14-32(2)31-15)23-29-21-22(20(26)13-27-24(21)30-23)34-18-10-8-17(9-11-18)25(33)28-12-16-6-4-3-5-7-16/h3-11,13-14H,12H2,1-2H3,(H,28,33)(H,27,29,30). The van der Waals surface area contributed by atoms with Gasteiger partial charge >= 0.3 is 0 Å². The molecule has 0 aliphatic rings. The number of hydrogen-bond donors (Lipinski definition) is 2. The molecule has 0 unspecified atom stereocenters. The first-order valence-electron chi connectivity index (χ1n) is 10.6. The minimum absolute atomic E-state index is 0.162. The van der Waals surface area contributed by atoms with Gasteiger partial charge in [0.2, 0.25) is 0 Å². The molecule has 5 rings (SSSR count). The average Bonchev–Trinajstić information content (AvgIpc) is 3.42. The van der Waals surface area contributed by atoms with Crippen LogP contribution in [0.25, 0.3) is 22.6 Å². The van der Waals surface area contributed by atoms with Crippen molar-refractivity contribution in [2.75, 3.05) is 0 Å². The topological polar surface area (TPSA) is 97.7 Å². The van der Waals surface area contributed by atoms with Crippen molar-refractivity contribution in [3.63, 3.8) is 0 Å². The number of nitrogens with one attached hydrogen (secondary N) is 2. The Bertz CT molecular complexity index is 1480. The van der Waals surface area contributed by atoms with Gasteiger partial charge in [-0.3, -0.25) is 9.48 Å². The molecule has 8 nitrogen and oxygen atoms in total. The molecule has 2 N–H and O–H groups in total. The van der Waals surface area contributed by atoms with Crippen LogP contribution in [0, 0.1) is 6.92 Å². The fourth-order valence-electron chi connectivity index (χ4n) is 3.64. The molecule has 0 radical (unpaired) electrons. The van der Waals surface area contributed by atoms with Gasteiger partial charge in [-0.15, -0.1) is 0 Å². The maximum absolute atomic E-state index is 12.5. The molecule has 0 aliphatic heterocycles. The van der Waals surface area contributed by atoms with Crippen LogP contribution in [0.2, 0.25) is 5.02 Å². The predicted molar refractivity (Wildman–Crippen MR) is 130 cm³/mol. The normalized spacial score (nSPS) is 11.0. The van der Waals surface area contributed by atoms with Crippen molar-refractivity contribution in [3.8, 4) is 22.9 Å². The number of fused-ring (bicyclic) bond motifs is 1. The molecule has 9 heteroatoms. The summed E-state index contributed by atoms with van der Waals surface area (Å²) in [5, 5.41) is 7.62. The molecule has 0 saturated carbocycles. The second-order valence-electron chi connectivity index (χ2n) is 7.82. The number of benzene rings is 2. The van der Waals surface area contributed by atoms with Crippen LogP contribution in [0.1, 0.15) is 21.6 Å². The number of amides is 1. The Labute approximate surface area is 200 Å². The third-order valence-corrected chi connectivity index (χ3v) is 5.60. The highest BCUT2D eigenvalue weighted by Crippen LogP contribution is 2.36. The lowest BCUT2D eigenvalue weighted by Gasteiger charge is -2.09. The third-order valence-electron chi connectivity index (χ3n) is 5.33. The number of imidazole rings is 1. The Morgan fingerprint density at radius 1 is 1.15 bits per heavy atom. The van der Waals surface area contributed by atoms with E-state index in [1.165, 1.54) is 6.20 Å². The Balaban J connectivity index is 1.36. The van der Waals surface area contributed by atoms with Gasteiger partial charge in [0.1, 0.15) is 22.1 Å². The van der Waals surface area contributed by atoms with Crippen molar-refractivity contribution in [2.45, 2.75) is 13.5 Å². The van der Waals surface area contributed by atoms with Crippen LogP contribution in [-0.4, -0.2) is 30.6 Å². The molecule has 1 amide bonds. The van der Waals surface area contributed by atoms with Gasteiger partial charge in [-0.25, -0.2) is 9.97 Å². The van der Waals surface area contributed by atoms with Gasteiger partial charge < -0.3 is 15.0 Å². The summed E-state index contributed by atoms with van der Waals surface area (Å²) < 4.78 is 7.80. The van der Waals surface area contributed by atoms with E-state index >= 15 is 0 Å². The van der Waals surface area contributed by atoms with Gasteiger partial charge in [0, 0.05) is 25.4 Å². The fourth-order valence-corrected chi connectivity index (χ4v) is 3.83. The van der Waals surface area contributed by atoms with Crippen LogP contribution < -0.4 is 10.1 Å². The van der Waals surface area contributed by atoms with Crippen molar-refractivity contribution >= 4 is 28.7 Å². The van der Waals surface area contributed by atoms with Gasteiger partial charge in [-0.05, 0) is 36.8 Å². The van der Waals surface area contributed by atoms with Crippen molar-refractivity contribution in [1.82, 2.24) is 30.0 Å². The van der Waals surface area contributed by atoms with Crippen LogP contribution in [0.15, 0.2) is 67.0 Å². The van der Waals surface area contributed by atoms with Gasteiger partial charge in [0.15, 0.2) is 11.4 Å². The van der Waals surface area contributed by atoms with E-state index in [1.807, 2.05) is 50.5 Å². The number of ether oxygens (including phenoxy) is 1. The molecule has 3 heterocycles. The largest absolute Gasteiger partial charge is 0.453 e. The molecule has 0 fully saturated rings. The first-order chi connectivity index (χ1) is 16.5. The number of pyridine rings is 1. The van der Waals surface area contributed by atoms with E-state index in [2.05, 4.69) is 25.4 Å². The number of halogens is 1. The first kappa shape index (κ1) is 21.7. The van der Waals surface area contributed by atoms with E-state index in [9.17, 15) is 4.79 Å². The SMILES string of the molecule is Cc1nn(C)cc1-c1nc2ncc(Cl)c(Oc3ccc(C(=O)NCc4ccccc4)cc3)c2[nH]1. The summed E-state index contributed by atoms with van der Waals surface area (Å²) in [5.74, 6) is 1.41. The highest BCUT2D eigenvalue weighted by atomic mass is 35.5. The fraction of sp³-hybridized carbons (Fsp3) is 0.120. The summed E-state index contributed by atoms with van der Waals surface area (Å²) in [6.45, 7) is 2.37. The number of rotatable bonds is 6. The minimum Gasteiger partial charge on any atom is -0.453 e. The van der Waals surface area contributed by atoms with Gasteiger partial charge in [-0.1, -0.05) is 41.9 Å². The lowest BCUT2D eigenvalue weighted by molar-refractivity contribution is 0.0951. The summed E-state index contributed by atoms with van der Waals surface area (Å²) in [5.41, 5.74) is 4.34. The zero-order valence-corrected chi connectivity index (χ0v) is 19.3. The number of aromatic nitrogens is 5. The molecule has 0 atom stereocenters. The lowest BCUT2D eigenvalue weighted by Crippen LogP contribution is -2.22. The smallest absolute Gasteiger partial charge is 0.251 e. The maximum atomic E-state index is 12.5. The molecule has 170 valence electrons. The Morgan fingerprint density at radius 2 is 1.91 bits per heavy atom. The zero-order valence-electron chi connectivity index (χ0n) is 18.5. The van der Waals surface area contributed by atoms with Crippen molar-refractivity contribution in [1.29, 1.82) is 0 Å². The van der Waals surface area contributed by atoms with Crippen LogP contribution in [-0.2, 0) is 13.6 Å². The molecule has 3 aromatic heterocycles. The van der Waals surface area contributed by atoms with Gasteiger partial charge in [0.25, 0.3) is 5.91 Å². The number of aromatic amines is 1. The quantitative estimate of drug-likeness (QED) is 0.360. The molecular formula is C25H21ClN6O2. The van der Waals surface area contributed by atoms with Crippen molar-refractivity contribution < 1.29 is 9.53 Å². The maximum Gasteiger partial charge on any atom is 0.251 e. The molecule has 34 heavy (non-hydrogen) atoms. The summed E-state index contributed by atoms with van der Waals surface area (Å²) in [7, 11) is 1.86. The number of nitrogens with zero attached hydrogens (tertiary/aromatic N) is 4. The van der Waals surface area contributed by atoms with Crippen LogP contribution in [0.5, 0.6) is 11.5 Å². The van der Waals surface area contributed by atoms with E-state index in [1.54, 1.807) is 28.9 Å². The number of carbonyl (C=O) groups is 1. The monoisotopic (exact) mass is 472 g/mol. The van der Waals surface area contributed by atoms with Gasteiger partial charge in [0.05, 0.1) is 17.5 Å². The summed E-state index contributed by atoms with van der Waals surface area (Å²) in [6.07, 6.45) is 3.39. The third kappa shape index (κ3) is 4.35. The minimum atomic E-state index is -0.162. The highest BCUT2D eigenvalue weighted by molar-refractivity contribution is 6.32. The Hall–Kier alpha value is -4.17. The van der Waals surface area contributed by atoms with Crippen molar-refractivity contribution in [2.24, 2.45) is 7.05 Å². The number of H-pyrrole nitrogens is 1.